The summed E-state index contributed by atoms with van der Waals surface area (Å²) in [6.45, 7) is 5.11. The van der Waals surface area contributed by atoms with E-state index in [1.807, 2.05) is 13.8 Å². The van der Waals surface area contributed by atoms with E-state index >= 15 is 0 Å². The highest BCUT2D eigenvalue weighted by molar-refractivity contribution is 5.83. The van der Waals surface area contributed by atoms with Gasteiger partial charge in [0.15, 0.2) is 0 Å². The van der Waals surface area contributed by atoms with E-state index in [2.05, 4.69) is 0 Å². The molecule has 0 aromatic rings. The summed E-state index contributed by atoms with van der Waals surface area (Å²) >= 11 is 0. The van der Waals surface area contributed by atoms with E-state index in [1.54, 1.807) is 0 Å². The second-order valence-corrected chi connectivity index (χ2v) is 10.9. The van der Waals surface area contributed by atoms with Crippen molar-refractivity contribution in [2.45, 2.75) is 102 Å². The molecule has 2 heterocycles. The molecule has 2 aliphatic heterocycles. The van der Waals surface area contributed by atoms with Gasteiger partial charge < -0.3 is 28.4 Å². The monoisotopic (exact) mass is 538 g/mol. The van der Waals surface area contributed by atoms with Crippen molar-refractivity contribution in [1.82, 2.24) is 0 Å². The quantitative estimate of drug-likeness (QED) is 0.133. The third-order valence-electron chi connectivity index (χ3n) is 8.01. The van der Waals surface area contributed by atoms with E-state index < -0.39 is 35.6 Å². The normalized spacial score (nSPS) is 32.8. The van der Waals surface area contributed by atoms with Crippen LogP contribution in [0.4, 0.5) is 0 Å². The molecule has 0 spiro atoms. The number of ether oxygens (including phenoxy) is 6. The summed E-state index contributed by atoms with van der Waals surface area (Å²) in [5, 5.41) is 0. The number of unbranched alkanes of at least 4 members (excludes halogenated alkanes) is 3. The van der Waals surface area contributed by atoms with Gasteiger partial charge in [-0.05, 0) is 51.4 Å². The van der Waals surface area contributed by atoms with Gasteiger partial charge in [0, 0.05) is 0 Å². The number of esters is 4. The smallest absolute Gasteiger partial charge is 0.309 e. The van der Waals surface area contributed by atoms with Gasteiger partial charge >= 0.3 is 23.9 Å². The Labute approximate surface area is 224 Å². The number of carbonyl (C=O) groups excluding carboxylic acids is 4. The van der Waals surface area contributed by atoms with Crippen LogP contribution < -0.4 is 0 Å². The summed E-state index contributed by atoms with van der Waals surface area (Å²) < 4.78 is 32.8. The van der Waals surface area contributed by atoms with E-state index in [0.717, 1.165) is 25.7 Å². The van der Waals surface area contributed by atoms with Crippen molar-refractivity contribution < 1.29 is 47.6 Å². The van der Waals surface area contributed by atoms with Crippen LogP contribution in [0.15, 0.2) is 0 Å². The molecule has 214 valence electrons. The van der Waals surface area contributed by atoms with E-state index in [-0.39, 0.29) is 49.6 Å². The van der Waals surface area contributed by atoms with Crippen molar-refractivity contribution in [3.05, 3.63) is 0 Å². The predicted molar refractivity (Wildman–Crippen MR) is 133 cm³/mol. The largest absolute Gasteiger partial charge is 0.465 e. The van der Waals surface area contributed by atoms with Gasteiger partial charge in [-0.2, -0.15) is 0 Å². The molecule has 4 fully saturated rings. The number of carbonyl (C=O) groups is 4. The minimum atomic E-state index is -0.556. The lowest BCUT2D eigenvalue weighted by Gasteiger charge is -2.26. The van der Waals surface area contributed by atoms with Gasteiger partial charge in [-0.3, -0.25) is 19.2 Å². The third kappa shape index (κ3) is 7.68. The highest BCUT2D eigenvalue weighted by atomic mass is 16.6. The predicted octanol–water partition coefficient (Wildman–Crippen LogP) is 3.13. The number of hydrogen-bond donors (Lipinski definition) is 0. The van der Waals surface area contributed by atoms with Crippen molar-refractivity contribution >= 4 is 23.9 Å². The molecule has 2 saturated heterocycles. The van der Waals surface area contributed by atoms with Crippen molar-refractivity contribution in [3.63, 3.8) is 0 Å². The van der Waals surface area contributed by atoms with Gasteiger partial charge in [-0.15, -0.1) is 0 Å². The van der Waals surface area contributed by atoms with Crippen molar-refractivity contribution in [3.8, 4) is 0 Å². The van der Waals surface area contributed by atoms with Gasteiger partial charge in [-0.25, -0.2) is 0 Å². The zero-order valence-electron chi connectivity index (χ0n) is 22.6. The van der Waals surface area contributed by atoms with Crippen molar-refractivity contribution in [1.29, 1.82) is 0 Å². The maximum Gasteiger partial charge on any atom is 0.309 e. The standard InChI is InChI=1S/C28H42O10/c1-3-5-9-33-25(29)17-13-21-23(37-21)15-19(17)27(31)35-11-7-8-12-36-28(32)20-16-24-22(38-24)14-18(20)26(30)34-10-6-4-2/h17-24H,3-16H2,1-2H3. The van der Waals surface area contributed by atoms with Crippen LogP contribution in [-0.4, -0.2) is 74.7 Å². The van der Waals surface area contributed by atoms with Crippen LogP contribution in [0.2, 0.25) is 0 Å². The molecule has 0 radical (unpaired) electrons. The summed E-state index contributed by atoms with van der Waals surface area (Å²) in [5.41, 5.74) is 0. The van der Waals surface area contributed by atoms with Crippen LogP contribution in [0.1, 0.15) is 78.1 Å². The van der Waals surface area contributed by atoms with Crippen LogP contribution in [0, 0.1) is 23.7 Å². The van der Waals surface area contributed by atoms with Crippen LogP contribution in [0.25, 0.3) is 0 Å². The summed E-state index contributed by atoms with van der Waals surface area (Å²) in [6, 6.07) is 0. The molecule has 4 rings (SSSR count). The number of epoxide rings is 2. The summed E-state index contributed by atoms with van der Waals surface area (Å²) in [4.78, 5) is 50.6. The van der Waals surface area contributed by atoms with Crippen molar-refractivity contribution in [2.75, 3.05) is 26.4 Å². The second kappa shape index (κ2) is 13.7. The molecule has 0 aromatic heterocycles. The highest BCUT2D eigenvalue weighted by Gasteiger charge is 2.54. The molecule has 2 saturated carbocycles. The highest BCUT2D eigenvalue weighted by Crippen LogP contribution is 2.45. The summed E-state index contributed by atoms with van der Waals surface area (Å²) in [5.74, 6) is -3.68. The first kappa shape index (κ1) is 28.8. The Hall–Kier alpha value is -2.20. The second-order valence-electron chi connectivity index (χ2n) is 10.9. The molecule has 0 N–H and O–H groups in total. The lowest BCUT2D eigenvalue weighted by molar-refractivity contribution is -0.163. The van der Waals surface area contributed by atoms with Crippen LogP contribution in [0.3, 0.4) is 0 Å². The number of rotatable bonds is 15. The minimum absolute atomic E-state index is 0.0236. The summed E-state index contributed by atoms with van der Waals surface area (Å²) in [6.07, 6.45) is 6.52. The molecule has 8 atom stereocenters. The zero-order chi connectivity index (χ0) is 27.1. The Morgan fingerprint density at radius 2 is 0.763 bits per heavy atom. The fourth-order valence-corrected chi connectivity index (χ4v) is 5.50. The fourth-order valence-electron chi connectivity index (χ4n) is 5.50. The Morgan fingerprint density at radius 3 is 1.03 bits per heavy atom. The molecule has 2 aliphatic carbocycles. The Kier molecular flexibility index (Phi) is 10.4. The lowest BCUT2D eigenvalue weighted by Crippen LogP contribution is -2.38. The van der Waals surface area contributed by atoms with Crippen LogP contribution in [0.5, 0.6) is 0 Å². The molecule has 8 unspecified atom stereocenters. The van der Waals surface area contributed by atoms with Crippen LogP contribution in [-0.2, 0) is 47.6 Å². The van der Waals surface area contributed by atoms with Gasteiger partial charge in [0.25, 0.3) is 0 Å². The average molecular weight is 539 g/mol. The molecular weight excluding hydrogens is 496 g/mol. The summed E-state index contributed by atoms with van der Waals surface area (Å²) in [7, 11) is 0. The maximum absolute atomic E-state index is 12.8. The van der Waals surface area contributed by atoms with E-state index in [9.17, 15) is 19.2 Å². The van der Waals surface area contributed by atoms with Gasteiger partial charge in [0.05, 0.1) is 74.5 Å². The average Bonchev–Trinajstić information content (AvgIpc) is 3.83. The molecule has 0 bridgehead atoms. The van der Waals surface area contributed by atoms with Gasteiger partial charge in [-0.1, -0.05) is 26.7 Å². The van der Waals surface area contributed by atoms with E-state index in [1.165, 1.54) is 0 Å². The fraction of sp³-hybridized carbons (Fsp3) is 0.857. The Bertz CT molecular complexity index is 775. The Morgan fingerprint density at radius 1 is 0.500 bits per heavy atom. The molecule has 4 aliphatic rings. The van der Waals surface area contributed by atoms with Gasteiger partial charge in [0.1, 0.15) is 0 Å². The minimum Gasteiger partial charge on any atom is -0.465 e. The Balaban J connectivity index is 1.14. The first-order chi connectivity index (χ1) is 18.4. The van der Waals surface area contributed by atoms with Crippen molar-refractivity contribution in [2.24, 2.45) is 23.7 Å². The SMILES string of the molecule is CCCCOC(=O)C1CC2OC2CC1C(=O)OCCCCOC(=O)C1CC2OC2CC1C(=O)OCCCC. The van der Waals surface area contributed by atoms with Crippen LogP contribution >= 0.6 is 0 Å². The first-order valence-corrected chi connectivity index (χ1v) is 14.4. The topological polar surface area (TPSA) is 130 Å². The molecule has 10 heteroatoms. The molecule has 10 nitrogen and oxygen atoms in total. The third-order valence-corrected chi connectivity index (χ3v) is 8.01. The molecular formula is C28H42O10. The molecule has 0 amide bonds. The van der Waals surface area contributed by atoms with E-state index in [4.69, 9.17) is 28.4 Å². The van der Waals surface area contributed by atoms with E-state index in [0.29, 0.717) is 51.7 Å². The first-order valence-electron chi connectivity index (χ1n) is 14.4. The molecule has 38 heavy (non-hydrogen) atoms. The number of hydrogen-bond acceptors (Lipinski definition) is 10. The zero-order valence-corrected chi connectivity index (χ0v) is 22.6. The lowest BCUT2D eigenvalue weighted by atomic mass is 9.79. The van der Waals surface area contributed by atoms with Gasteiger partial charge in [0.2, 0.25) is 0 Å². The molecule has 0 aromatic carbocycles. The maximum atomic E-state index is 12.8. The number of fused-ring (bicyclic) bond motifs is 2.